The van der Waals surface area contributed by atoms with E-state index < -0.39 is 11.4 Å². The van der Waals surface area contributed by atoms with E-state index in [9.17, 15) is 9.90 Å². The highest BCUT2D eigenvalue weighted by atomic mass is 16.4. The molecule has 0 aromatic rings. The second-order valence-electron chi connectivity index (χ2n) is 11.3. The van der Waals surface area contributed by atoms with Gasteiger partial charge in [-0.05, 0) is 25.2 Å². The Morgan fingerprint density at radius 1 is 0.559 bits per heavy atom. The number of carbonyl (C=O) groups is 1. The van der Waals surface area contributed by atoms with Crippen LogP contribution >= 0.6 is 0 Å². The second kappa shape index (κ2) is 24.2. The van der Waals surface area contributed by atoms with E-state index in [1.165, 1.54) is 135 Å². The number of aliphatic carboxylic acids is 1. The fourth-order valence-electron chi connectivity index (χ4n) is 5.74. The molecule has 0 spiro atoms. The molecule has 0 rings (SSSR count). The molecule has 0 aliphatic rings. The topological polar surface area (TPSA) is 37.3 Å². The first kappa shape index (κ1) is 33.5. The lowest BCUT2D eigenvalue weighted by Gasteiger charge is -2.35. The van der Waals surface area contributed by atoms with Crippen LogP contribution in [0.1, 0.15) is 188 Å². The summed E-state index contributed by atoms with van der Waals surface area (Å²) in [4.78, 5) is 12.3. The smallest absolute Gasteiger partial charge is 0.309 e. The van der Waals surface area contributed by atoms with E-state index >= 15 is 0 Å². The average molecular weight is 481 g/mol. The Kier molecular flexibility index (Phi) is 23.8. The summed E-state index contributed by atoms with van der Waals surface area (Å²) in [6, 6.07) is 0. The summed E-state index contributed by atoms with van der Waals surface area (Å²) in [5, 5.41) is 10.1. The summed E-state index contributed by atoms with van der Waals surface area (Å²) in [6.45, 7) is 8.86. The average Bonchev–Trinajstić information content (AvgIpc) is 2.83. The molecule has 0 aliphatic carbocycles. The lowest BCUT2D eigenvalue weighted by atomic mass is 9.69. The first-order chi connectivity index (χ1) is 16.5. The summed E-state index contributed by atoms with van der Waals surface area (Å²) in [5.74, 6) is -0.256. The lowest BCUT2D eigenvalue weighted by Crippen LogP contribution is -2.37. The summed E-state index contributed by atoms with van der Waals surface area (Å²) in [6.07, 6.45) is 32.2. The predicted octanol–water partition coefficient (Wildman–Crippen LogP) is 11.5. The van der Waals surface area contributed by atoms with Crippen molar-refractivity contribution in [3.05, 3.63) is 0 Å². The van der Waals surface area contributed by atoms with E-state index in [1.54, 1.807) is 0 Å². The summed E-state index contributed by atoms with van der Waals surface area (Å²) in [7, 11) is 0. The molecule has 34 heavy (non-hydrogen) atoms. The maximum Gasteiger partial charge on any atom is 0.309 e. The van der Waals surface area contributed by atoms with E-state index in [0.29, 0.717) is 0 Å². The van der Waals surface area contributed by atoms with Gasteiger partial charge in [0.2, 0.25) is 0 Å². The van der Waals surface area contributed by atoms with Gasteiger partial charge >= 0.3 is 5.97 Å². The van der Waals surface area contributed by atoms with Crippen LogP contribution in [-0.2, 0) is 4.79 Å². The lowest BCUT2D eigenvalue weighted by molar-refractivity contribution is -0.153. The van der Waals surface area contributed by atoms with Crippen LogP contribution in [0.25, 0.3) is 0 Å². The summed E-state index contributed by atoms with van der Waals surface area (Å²) >= 11 is 0. The van der Waals surface area contributed by atoms with E-state index in [1.807, 2.05) is 0 Å². The molecule has 0 radical (unpaired) electrons. The minimum atomic E-state index is -0.545. The molecule has 204 valence electrons. The van der Waals surface area contributed by atoms with Crippen LogP contribution in [0.15, 0.2) is 0 Å². The third-order valence-electron chi connectivity index (χ3n) is 8.47. The molecule has 0 saturated heterocycles. The van der Waals surface area contributed by atoms with Crippen LogP contribution < -0.4 is 0 Å². The van der Waals surface area contributed by atoms with Gasteiger partial charge in [-0.2, -0.15) is 0 Å². The molecule has 2 unspecified atom stereocenters. The highest BCUT2D eigenvalue weighted by Crippen LogP contribution is 2.40. The van der Waals surface area contributed by atoms with Crippen molar-refractivity contribution in [3.63, 3.8) is 0 Å². The summed E-state index contributed by atoms with van der Waals surface area (Å²) < 4.78 is 0. The van der Waals surface area contributed by atoms with Gasteiger partial charge in [-0.25, -0.2) is 0 Å². The highest BCUT2D eigenvalue weighted by molar-refractivity contribution is 5.74. The molecule has 0 saturated carbocycles. The SMILES string of the molecule is CCCCCCCCCCCCCCCC(C)C(CC)(CCCCCCCCCCC)C(=O)O. The van der Waals surface area contributed by atoms with Crippen molar-refractivity contribution in [2.75, 3.05) is 0 Å². The monoisotopic (exact) mass is 480 g/mol. The van der Waals surface area contributed by atoms with Crippen molar-refractivity contribution in [1.29, 1.82) is 0 Å². The van der Waals surface area contributed by atoms with Crippen LogP contribution in [-0.4, -0.2) is 11.1 Å². The molecule has 0 aromatic carbocycles. The van der Waals surface area contributed by atoms with Gasteiger partial charge in [0.15, 0.2) is 0 Å². The molecular weight excluding hydrogens is 416 g/mol. The Morgan fingerprint density at radius 3 is 1.21 bits per heavy atom. The molecule has 1 N–H and O–H groups in total. The normalized spacial score (nSPS) is 14.2. The molecule has 2 atom stereocenters. The Morgan fingerprint density at radius 2 is 0.882 bits per heavy atom. The molecule has 0 fully saturated rings. The molecule has 0 aliphatic heterocycles. The Labute approximate surface area is 215 Å². The standard InChI is InChI=1S/C32H64O2/c1-5-8-10-12-14-16-17-18-19-20-22-24-26-28-30(4)32(7-3,31(33)34)29-27-25-23-21-15-13-11-9-6-2/h30H,5-29H2,1-4H3,(H,33,34). The maximum absolute atomic E-state index is 12.3. The van der Waals surface area contributed by atoms with Crippen molar-refractivity contribution in [3.8, 4) is 0 Å². The second-order valence-corrected chi connectivity index (χ2v) is 11.3. The molecule has 0 bridgehead atoms. The van der Waals surface area contributed by atoms with Crippen LogP contribution in [0.2, 0.25) is 0 Å². The van der Waals surface area contributed by atoms with Crippen molar-refractivity contribution in [2.45, 2.75) is 188 Å². The van der Waals surface area contributed by atoms with E-state index in [4.69, 9.17) is 0 Å². The molecule has 2 heteroatoms. The molecule has 0 amide bonds. The number of hydrogen-bond donors (Lipinski definition) is 1. The van der Waals surface area contributed by atoms with Crippen LogP contribution in [0.3, 0.4) is 0 Å². The van der Waals surface area contributed by atoms with Crippen LogP contribution in [0.5, 0.6) is 0 Å². The van der Waals surface area contributed by atoms with Gasteiger partial charge < -0.3 is 5.11 Å². The number of unbranched alkanes of at least 4 members (excludes halogenated alkanes) is 20. The Hall–Kier alpha value is -0.530. The predicted molar refractivity (Wildman–Crippen MR) is 152 cm³/mol. The van der Waals surface area contributed by atoms with Crippen molar-refractivity contribution in [1.82, 2.24) is 0 Å². The first-order valence-electron chi connectivity index (χ1n) is 15.8. The zero-order valence-electron chi connectivity index (χ0n) is 24.1. The van der Waals surface area contributed by atoms with Gasteiger partial charge in [0.25, 0.3) is 0 Å². The minimum absolute atomic E-state index is 0.289. The first-order valence-corrected chi connectivity index (χ1v) is 15.8. The molecular formula is C32H64O2. The fraction of sp³-hybridized carbons (Fsp3) is 0.969. The highest BCUT2D eigenvalue weighted by Gasteiger charge is 2.40. The van der Waals surface area contributed by atoms with Crippen molar-refractivity contribution >= 4 is 5.97 Å². The zero-order valence-corrected chi connectivity index (χ0v) is 24.1. The Bertz CT molecular complexity index is 433. The molecule has 2 nitrogen and oxygen atoms in total. The van der Waals surface area contributed by atoms with E-state index in [2.05, 4.69) is 27.7 Å². The fourth-order valence-corrected chi connectivity index (χ4v) is 5.74. The van der Waals surface area contributed by atoms with E-state index in [-0.39, 0.29) is 5.92 Å². The largest absolute Gasteiger partial charge is 0.481 e. The quantitative estimate of drug-likeness (QED) is 0.119. The maximum atomic E-state index is 12.3. The molecule has 0 aromatic heterocycles. The van der Waals surface area contributed by atoms with Gasteiger partial charge in [-0.1, -0.05) is 169 Å². The van der Waals surface area contributed by atoms with Gasteiger partial charge in [0, 0.05) is 0 Å². The number of carboxylic acid groups (broad SMARTS) is 1. The van der Waals surface area contributed by atoms with E-state index in [0.717, 1.165) is 25.7 Å². The zero-order chi connectivity index (χ0) is 25.3. The van der Waals surface area contributed by atoms with Crippen LogP contribution in [0, 0.1) is 11.3 Å². The number of hydrogen-bond acceptors (Lipinski definition) is 1. The van der Waals surface area contributed by atoms with Crippen LogP contribution in [0.4, 0.5) is 0 Å². The molecule has 0 heterocycles. The van der Waals surface area contributed by atoms with Gasteiger partial charge in [0.05, 0.1) is 5.41 Å². The third-order valence-corrected chi connectivity index (χ3v) is 8.47. The van der Waals surface area contributed by atoms with Gasteiger partial charge in [-0.3, -0.25) is 4.79 Å². The van der Waals surface area contributed by atoms with Gasteiger partial charge in [-0.15, -0.1) is 0 Å². The minimum Gasteiger partial charge on any atom is -0.481 e. The number of carboxylic acids is 1. The Balaban J connectivity index is 3.91. The number of rotatable bonds is 27. The summed E-state index contributed by atoms with van der Waals surface area (Å²) in [5.41, 5.74) is -0.502. The third kappa shape index (κ3) is 17.0. The van der Waals surface area contributed by atoms with Crippen molar-refractivity contribution < 1.29 is 9.90 Å². The van der Waals surface area contributed by atoms with Crippen molar-refractivity contribution in [2.24, 2.45) is 11.3 Å². The van der Waals surface area contributed by atoms with Gasteiger partial charge in [0.1, 0.15) is 0 Å².